The van der Waals surface area contributed by atoms with E-state index in [9.17, 15) is 15.0 Å². The minimum absolute atomic E-state index is 0.00131. The van der Waals surface area contributed by atoms with Crippen molar-refractivity contribution in [2.75, 3.05) is 14.2 Å². The van der Waals surface area contributed by atoms with Crippen molar-refractivity contribution in [2.45, 2.75) is 32.0 Å². The highest BCUT2D eigenvalue weighted by atomic mass is 16.5. The number of aliphatic hydroxyl groups excluding tert-OH is 1. The molecule has 1 heterocycles. The Hall–Kier alpha value is -2.05. The smallest absolute Gasteiger partial charge is 0.257 e. The molecule has 1 aromatic heterocycles. The summed E-state index contributed by atoms with van der Waals surface area (Å²) in [4.78, 5) is 12.7. The molecule has 0 aliphatic carbocycles. The fourth-order valence-electron chi connectivity index (χ4n) is 2.54. The molecule has 0 fully saturated rings. The largest absolute Gasteiger partial charge is 0.497 e. The van der Waals surface area contributed by atoms with Gasteiger partial charge in [-0.3, -0.25) is 4.79 Å². The maximum atomic E-state index is 12.7. The van der Waals surface area contributed by atoms with E-state index in [0.29, 0.717) is 22.6 Å². The molecule has 0 aliphatic heterocycles. The number of ether oxygens (including phenoxy) is 2. The lowest BCUT2D eigenvalue weighted by Crippen LogP contribution is -2.39. The molecule has 2 N–H and O–H groups in total. The van der Waals surface area contributed by atoms with Crippen molar-refractivity contribution in [3.8, 4) is 11.5 Å². The van der Waals surface area contributed by atoms with Crippen LogP contribution in [0.25, 0.3) is 10.9 Å². The SMILES string of the molecule is COc1ccc2c(OC)c(C[C@H](O)C(C)(C)O)c(=O)n(C)c2c1. The molecule has 1 aromatic carbocycles. The van der Waals surface area contributed by atoms with E-state index in [2.05, 4.69) is 0 Å². The molecule has 6 heteroatoms. The van der Waals surface area contributed by atoms with Crippen LogP contribution in [-0.4, -0.2) is 40.7 Å². The number of nitrogens with zero attached hydrogens (tertiary/aromatic N) is 1. The molecule has 0 aliphatic rings. The standard InChI is InChI=1S/C17H23NO5/c1-17(2,21)14(19)9-12-15(23-5)11-7-6-10(22-4)8-13(11)18(3)16(12)20/h6-8,14,19,21H,9H2,1-5H3/t14-/m0/s1. The number of pyridine rings is 1. The molecule has 0 radical (unpaired) electrons. The molecular weight excluding hydrogens is 298 g/mol. The fourth-order valence-corrected chi connectivity index (χ4v) is 2.54. The van der Waals surface area contributed by atoms with Crippen LogP contribution < -0.4 is 15.0 Å². The molecule has 0 saturated heterocycles. The third-order valence-electron chi connectivity index (χ3n) is 4.06. The number of aliphatic hydroxyl groups is 2. The van der Waals surface area contributed by atoms with Crippen molar-refractivity contribution >= 4 is 10.9 Å². The summed E-state index contributed by atoms with van der Waals surface area (Å²) >= 11 is 0. The van der Waals surface area contributed by atoms with Crippen molar-refractivity contribution in [1.29, 1.82) is 0 Å². The van der Waals surface area contributed by atoms with Gasteiger partial charge in [0.2, 0.25) is 0 Å². The third kappa shape index (κ3) is 3.18. The predicted molar refractivity (Wildman–Crippen MR) is 88.3 cm³/mol. The summed E-state index contributed by atoms with van der Waals surface area (Å²) in [7, 11) is 4.70. The molecule has 0 spiro atoms. The van der Waals surface area contributed by atoms with Crippen molar-refractivity contribution in [2.24, 2.45) is 7.05 Å². The quantitative estimate of drug-likeness (QED) is 0.866. The molecule has 2 rings (SSSR count). The van der Waals surface area contributed by atoms with Crippen LogP contribution in [-0.2, 0) is 13.5 Å². The van der Waals surface area contributed by atoms with E-state index in [1.165, 1.54) is 25.5 Å². The highest BCUT2D eigenvalue weighted by Gasteiger charge is 2.28. The number of benzene rings is 1. The summed E-state index contributed by atoms with van der Waals surface area (Å²) in [5.74, 6) is 1.05. The molecule has 0 unspecified atom stereocenters. The van der Waals surface area contributed by atoms with Crippen molar-refractivity contribution in [3.05, 3.63) is 34.1 Å². The first-order valence-corrected chi connectivity index (χ1v) is 7.34. The second-order valence-electron chi connectivity index (χ2n) is 6.13. The topological polar surface area (TPSA) is 80.9 Å². The van der Waals surface area contributed by atoms with E-state index in [4.69, 9.17) is 9.47 Å². The third-order valence-corrected chi connectivity index (χ3v) is 4.06. The Kier molecular flexibility index (Phi) is 4.68. The molecular formula is C17H23NO5. The van der Waals surface area contributed by atoms with Crippen LogP contribution in [0.2, 0.25) is 0 Å². The average molecular weight is 321 g/mol. The van der Waals surface area contributed by atoms with Gasteiger partial charge in [0.1, 0.15) is 11.5 Å². The second-order valence-corrected chi connectivity index (χ2v) is 6.13. The van der Waals surface area contributed by atoms with Gasteiger partial charge in [0.05, 0.1) is 37.0 Å². The Bertz CT molecular complexity index is 773. The van der Waals surface area contributed by atoms with Crippen LogP contribution >= 0.6 is 0 Å². The van der Waals surface area contributed by atoms with Gasteiger partial charge in [-0.2, -0.15) is 0 Å². The highest BCUT2D eigenvalue weighted by Crippen LogP contribution is 2.31. The van der Waals surface area contributed by atoms with Gasteiger partial charge in [0, 0.05) is 24.9 Å². The number of hydrogen-bond donors (Lipinski definition) is 2. The zero-order chi connectivity index (χ0) is 17.4. The van der Waals surface area contributed by atoms with Crippen LogP contribution in [0.15, 0.2) is 23.0 Å². The number of fused-ring (bicyclic) bond motifs is 1. The molecule has 0 saturated carbocycles. The number of aryl methyl sites for hydroxylation is 1. The summed E-state index contributed by atoms with van der Waals surface area (Å²) in [6.07, 6.45) is -1.08. The molecule has 0 amide bonds. The lowest BCUT2D eigenvalue weighted by Gasteiger charge is -2.25. The average Bonchev–Trinajstić information content (AvgIpc) is 2.51. The van der Waals surface area contributed by atoms with E-state index in [-0.39, 0.29) is 12.0 Å². The van der Waals surface area contributed by atoms with E-state index in [0.717, 1.165) is 5.39 Å². The van der Waals surface area contributed by atoms with Gasteiger partial charge in [-0.15, -0.1) is 0 Å². The number of aromatic nitrogens is 1. The van der Waals surface area contributed by atoms with E-state index >= 15 is 0 Å². The van der Waals surface area contributed by atoms with Crippen molar-refractivity contribution in [1.82, 2.24) is 4.57 Å². The normalized spacial score (nSPS) is 13.2. The van der Waals surface area contributed by atoms with Crippen LogP contribution in [0.5, 0.6) is 11.5 Å². The van der Waals surface area contributed by atoms with Crippen LogP contribution in [0.4, 0.5) is 0 Å². The van der Waals surface area contributed by atoms with Crippen LogP contribution in [0.1, 0.15) is 19.4 Å². The second kappa shape index (κ2) is 6.22. The van der Waals surface area contributed by atoms with E-state index < -0.39 is 11.7 Å². The fraction of sp³-hybridized carbons (Fsp3) is 0.471. The molecule has 6 nitrogen and oxygen atoms in total. The zero-order valence-corrected chi connectivity index (χ0v) is 14.1. The van der Waals surface area contributed by atoms with Gasteiger partial charge in [-0.05, 0) is 26.0 Å². The minimum atomic E-state index is -1.31. The van der Waals surface area contributed by atoms with Crippen LogP contribution in [0, 0.1) is 0 Å². The predicted octanol–water partition coefficient (Wildman–Crippen LogP) is 1.23. The van der Waals surface area contributed by atoms with Crippen molar-refractivity contribution < 1.29 is 19.7 Å². The number of methoxy groups -OCH3 is 2. The van der Waals surface area contributed by atoms with Crippen molar-refractivity contribution in [3.63, 3.8) is 0 Å². The van der Waals surface area contributed by atoms with E-state index in [1.807, 2.05) is 6.07 Å². The molecule has 126 valence electrons. The monoisotopic (exact) mass is 321 g/mol. The van der Waals surface area contributed by atoms with Gasteiger partial charge < -0.3 is 24.3 Å². The van der Waals surface area contributed by atoms with Gasteiger partial charge in [-0.1, -0.05) is 0 Å². The maximum Gasteiger partial charge on any atom is 0.257 e. The molecule has 2 aromatic rings. The maximum absolute atomic E-state index is 12.7. The highest BCUT2D eigenvalue weighted by molar-refractivity contribution is 5.87. The Balaban J connectivity index is 2.71. The zero-order valence-electron chi connectivity index (χ0n) is 14.1. The Morgan fingerprint density at radius 2 is 1.91 bits per heavy atom. The van der Waals surface area contributed by atoms with Gasteiger partial charge >= 0.3 is 0 Å². The first kappa shape index (κ1) is 17.3. The first-order chi connectivity index (χ1) is 10.7. The molecule has 1 atom stereocenters. The summed E-state index contributed by atoms with van der Waals surface area (Å²) in [5.41, 5.74) is -0.578. The van der Waals surface area contributed by atoms with Gasteiger partial charge in [-0.25, -0.2) is 0 Å². The molecule has 0 bridgehead atoms. The van der Waals surface area contributed by atoms with Gasteiger partial charge in [0.15, 0.2) is 0 Å². The van der Waals surface area contributed by atoms with Crippen LogP contribution in [0.3, 0.4) is 0 Å². The summed E-state index contributed by atoms with van der Waals surface area (Å²) < 4.78 is 12.1. The number of rotatable bonds is 5. The summed E-state index contributed by atoms with van der Waals surface area (Å²) in [6.45, 7) is 3.00. The van der Waals surface area contributed by atoms with E-state index in [1.54, 1.807) is 26.3 Å². The van der Waals surface area contributed by atoms with Gasteiger partial charge in [0.25, 0.3) is 5.56 Å². The number of hydrogen-bond acceptors (Lipinski definition) is 5. The Labute approximate surface area is 134 Å². The Morgan fingerprint density at radius 3 is 2.43 bits per heavy atom. The minimum Gasteiger partial charge on any atom is -0.497 e. The first-order valence-electron chi connectivity index (χ1n) is 7.34. The Morgan fingerprint density at radius 1 is 1.26 bits per heavy atom. The summed E-state index contributed by atoms with van der Waals surface area (Å²) in [6, 6.07) is 5.35. The lowest BCUT2D eigenvalue weighted by atomic mass is 9.94. The molecule has 23 heavy (non-hydrogen) atoms. The lowest BCUT2D eigenvalue weighted by molar-refractivity contribution is -0.0472. The summed E-state index contributed by atoms with van der Waals surface area (Å²) in [5, 5.41) is 20.8.